The standard InChI is InChI=1S/C15H16N6/c1-3-13-17-9-12(10-18-13)15-19-14(20-21(15)4-2)11-5-7-16-8-6-11/h5-10H,3-4H2,1-2H3. The van der Waals surface area contributed by atoms with Gasteiger partial charge in [-0.3, -0.25) is 4.98 Å². The molecule has 3 heterocycles. The highest BCUT2D eigenvalue weighted by Gasteiger charge is 2.13. The van der Waals surface area contributed by atoms with Crippen molar-refractivity contribution in [2.24, 2.45) is 0 Å². The predicted molar refractivity (Wildman–Crippen MR) is 79.3 cm³/mol. The third-order valence-electron chi connectivity index (χ3n) is 3.19. The first-order valence-corrected chi connectivity index (χ1v) is 6.98. The fraction of sp³-hybridized carbons (Fsp3) is 0.267. The van der Waals surface area contributed by atoms with E-state index in [2.05, 4.69) is 25.0 Å². The first kappa shape index (κ1) is 13.4. The minimum atomic E-state index is 0.689. The lowest BCUT2D eigenvalue weighted by Crippen LogP contribution is -2.01. The molecule has 0 radical (unpaired) electrons. The van der Waals surface area contributed by atoms with Crippen molar-refractivity contribution in [2.75, 3.05) is 0 Å². The Hall–Kier alpha value is -2.63. The van der Waals surface area contributed by atoms with Crippen LogP contribution in [0.15, 0.2) is 36.9 Å². The van der Waals surface area contributed by atoms with Gasteiger partial charge in [-0.2, -0.15) is 5.10 Å². The van der Waals surface area contributed by atoms with Crippen LogP contribution in [0.3, 0.4) is 0 Å². The van der Waals surface area contributed by atoms with Gasteiger partial charge in [0, 0.05) is 43.3 Å². The molecule has 106 valence electrons. The summed E-state index contributed by atoms with van der Waals surface area (Å²) in [5.74, 6) is 2.30. The van der Waals surface area contributed by atoms with Crippen LogP contribution < -0.4 is 0 Å². The van der Waals surface area contributed by atoms with Crippen LogP contribution in [-0.4, -0.2) is 29.7 Å². The summed E-state index contributed by atoms with van der Waals surface area (Å²) < 4.78 is 1.86. The average molecular weight is 280 g/mol. The van der Waals surface area contributed by atoms with Crippen LogP contribution in [0.4, 0.5) is 0 Å². The Kier molecular flexibility index (Phi) is 3.68. The summed E-state index contributed by atoms with van der Waals surface area (Å²) in [6.45, 7) is 4.81. The van der Waals surface area contributed by atoms with Gasteiger partial charge in [0.1, 0.15) is 5.82 Å². The quantitative estimate of drug-likeness (QED) is 0.734. The van der Waals surface area contributed by atoms with Crippen LogP contribution in [0, 0.1) is 0 Å². The highest BCUT2D eigenvalue weighted by molar-refractivity contribution is 5.60. The van der Waals surface area contributed by atoms with Crippen molar-refractivity contribution >= 4 is 0 Å². The molecule has 6 heteroatoms. The van der Waals surface area contributed by atoms with Gasteiger partial charge >= 0.3 is 0 Å². The Bertz CT molecular complexity index is 718. The van der Waals surface area contributed by atoms with Gasteiger partial charge < -0.3 is 0 Å². The second-order valence-corrected chi connectivity index (χ2v) is 4.55. The number of pyridine rings is 1. The third-order valence-corrected chi connectivity index (χ3v) is 3.19. The zero-order valence-electron chi connectivity index (χ0n) is 12.1. The van der Waals surface area contributed by atoms with E-state index in [1.807, 2.05) is 30.7 Å². The first-order valence-electron chi connectivity index (χ1n) is 6.98. The van der Waals surface area contributed by atoms with Crippen molar-refractivity contribution in [3.8, 4) is 22.8 Å². The maximum atomic E-state index is 4.62. The molecule has 0 atom stereocenters. The van der Waals surface area contributed by atoms with Gasteiger partial charge in [-0.25, -0.2) is 19.6 Å². The first-order chi connectivity index (χ1) is 10.3. The van der Waals surface area contributed by atoms with Crippen molar-refractivity contribution in [2.45, 2.75) is 26.8 Å². The molecule has 3 aromatic heterocycles. The Morgan fingerprint density at radius 3 is 2.33 bits per heavy atom. The Balaban J connectivity index is 2.03. The lowest BCUT2D eigenvalue weighted by Gasteiger charge is -2.02. The number of rotatable bonds is 4. The summed E-state index contributed by atoms with van der Waals surface area (Å²) in [6.07, 6.45) is 7.90. The molecule has 3 rings (SSSR count). The second-order valence-electron chi connectivity index (χ2n) is 4.55. The summed E-state index contributed by atoms with van der Waals surface area (Å²) in [6, 6.07) is 3.80. The predicted octanol–water partition coefficient (Wildman–Crippen LogP) is 2.38. The molecule has 0 aliphatic carbocycles. The van der Waals surface area contributed by atoms with Crippen molar-refractivity contribution in [1.82, 2.24) is 29.7 Å². The minimum absolute atomic E-state index is 0.689. The van der Waals surface area contributed by atoms with Crippen LogP contribution >= 0.6 is 0 Å². The molecule has 0 saturated heterocycles. The van der Waals surface area contributed by atoms with E-state index in [0.717, 1.165) is 35.7 Å². The van der Waals surface area contributed by atoms with Gasteiger partial charge in [0.05, 0.1) is 5.56 Å². The molecule has 0 saturated carbocycles. The van der Waals surface area contributed by atoms with Crippen LogP contribution in [0.25, 0.3) is 22.8 Å². The van der Waals surface area contributed by atoms with E-state index < -0.39 is 0 Å². The van der Waals surface area contributed by atoms with E-state index in [-0.39, 0.29) is 0 Å². The summed E-state index contributed by atoms with van der Waals surface area (Å²) in [4.78, 5) is 17.3. The van der Waals surface area contributed by atoms with Crippen LogP contribution in [0.2, 0.25) is 0 Å². The molecule has 0 aliphatic rings. The van der Waals surface area contributed by atoms with Crippen LogP contribution in [0.5, 0.6) is 0 Å². The van der Waals surface area contributed by atoms with E-state index >= 15 is 0 Å². The largest absolute Gasteiger partial charge is 0.265 e. The van der Waals surface area contributed by atoms with Crippen molar-refractivity contribution < 1.29 is 0 Å². The molecule has 6 nitrogen and oxygen atoms in total. The van der Waals surface area contributed by atoms with Crippen molar-refractivity contribution in [3.63, 3.8) is 0 Å². The van der Waals surface area contributed by atoms with Crippen molar-refractivity contribution in [3.05, 3.63) is 42.7 Å². The minimum Gasteiger partial charge on any atom is -0.265 e. The molecule has 0 N–H and O–H groups in total. The zero-order chi connectivity index (χ0) is 14.7. The van der Waals surface area contributed by atoms with Crippen LogP contribution in [-0.2, 0) is 13.0 Å². The van der Waals surface area contributed by atoms with E-state index in [0.29, 0.717) is 5.82 Å². The Labute approximate surface area is 122 Å². The van der Waals surface area contributed by atoms with Gasteiger partial charge in [0.15, 0.2) is 11.6 Å². The molecular weight excluding hydrogens is 264 g/mol. The Morgan fingerprint density at radius 2 is 1.71 bits per heavy atom. The van der Waals surface area contributed by atoms with E-state index in [1.165, 1.54) is 0 Å². The zero-order valence-corrected chi connectivity index (χ0v) is 12.1. The lowest BCUT2D eigenvalue weighted by molar-refractivity contribution is 0.667. The highest BCUT2D eigenvalue weighted by Crippen LogP contribution is 2.21. The fourth-order valence-electron chi connectivity index (χ4n) is 2.05. The lowest BCUT2D eigenvalue weighted by atomic mass is 10.2. The SMILES string of the molecule is CCc1ncc(-c2nc(-c3ccncc3)nn2CC)cn1. The molecule has 21 heavy (non-hydrogen) atoms. The monoisotopic (exact) mass is 280 g/mol. The number of aryl methyl sites for hydroxylation is 2. The normalized spacial score (nSPS) is 10.8. The van der Waals surface area contributed by atoms with Gasteiger partial charge in [0.2, 0.25) is 0 Å². The molecule has 0 spiro atoms. The van der Waals surface area contributed by atoms with E-state index in [9.17, 15) is 0 Å². The molecule has 3 aromatic rings. The summed E-state index contributed by atoms with van der Waals surface area (Å²) in [5, 5.41) is 4.54. The Morgan fingerprint density at radius 1 is 1.00 bits per heavy atom. The molecule has 0 amide bonds. The van der Waals surface area contributed by atoms with Crippen molar-refractivity contribution in [1.29, 1.82) is 0 Å². The van der Waals surface area contributed by atoms with Gasteiger partial charge in [-0.1, -0.05) is 6.92 Å². The molecule has 0 bridgehead atoms. The second kappa shape index (κ2) is 5.78. The summed E-state index contributed by atoms with van der Waals surface area (Å²) in [5.41, 5.74) is 1.83. The smallest absolute Gasteiger partial charge is 0.181 e. The maximum absolute atomic E-state index is 4.62. The summed E-state index contributed by atoms with van der Waals surface area (Å²) >= 11 is 0. The number of aromatic nitrogens is 6. The molecular formula is C15H16N6. The molecule has 0 unspecified atom stereocenters. The molecule has 0 fully saturated rings. The molecule has 0 aromatic carbocycles. The third kappa shape index (κ3) is 2.65. The van der Waals surface area contributed by atoms with Gasteiger partial charge in [-0.05, 0) is 19.1 Å². The van der Waals surface area contributed by atoms with E-state index in [4.69, 9.17) is 0 Å². The highest BCUT2D eigenvalue weighted by atomic mass is 15.3. The maximum Gasteiger partial charge on any atom is 0.181 e. The van der Waals surface area contributed by atoms with Gasteiger partial charge in [0.25, 0.3) is 0 Å². The number of hydrogen-bond acceptors (Lipinski definition) is 5. The van der Waals surface area contributed by atoms with Gasteiger partial charge in [-0.15, -0.1) is 0 Å². The summed E-state index contributed by atoms with van der Waals surface area (Å²) in [7, 11) is 0. The topological polar surface area (TPSA) is 69.4 Å². The number of nitrogens with zero attached hydrogens (tertiary/aromatic N) is 6. The average Bonchev–Trinajstić information content (AvgIpc) is 3.00. The number of hydrogen-bond donors (Lipinski definition) is 0. The van der Waals surface area contributed by atoms with Crippen LogP contribution in [0.1, 0.15) is 19.7 Å². The molecule has 0 aliphatic heterocycles. The fourth-order valence-corrected chi connectivity index (χ4v) is 2.05. The van der Waals surface area contributed by atoms with E-state index in [1.54, 1.807) is 24.8 Å².